The lowest BCUT2D eigenvalue weighted by Crippen LogP contribution is -2.21. The van der Waals surface area contributed by atoms with E-state index in [0.29, 0.717) is 5.39 Å². The van der Waals surface area contributed by atoms with Crippen LogP contribution in [-0.2, 0) is 0 Å². The number of non-ortho nitro benzene ring substituents is 1. The van der Waals surface area contributed by atoms with E-state index in [1.54, 1.807) is 22.9 Å². The van der Waals surface area contributed by atoms with Gasteiger partial charge in [-0.25, -0.2) is 0 Å². The van der Waals surface area contributed by atoms with Gasteiger partial charge in [0.05, 0.1) is 10.3 Å². The molecule has 0 radical (unpaired) electrons. The van der Waals surface area contributed by atoms with Gasteiger partial charge in [-0.3, -0.25) is 14.9 Å². The Morgan fingerprint density at radius 2 is 2.00 bits per heavy atom. The minimum absolute atomic E-state index is 0.0335. The van der Waals surface area contributed by atoms with E-state index in [4.69, 9.17) is 0 Å². The van der Waals surface area contributed by atoms with Crippen LogP contribution in [0.1, 0.15) is 19.9 Å². The maximum absolute atomic E-state index is 12.1. The molecule has 0 spiro atoms. The van der Waals surface area contributed by atoms with Crippen LogP contribution >= 0.6 is 0 Å². The fourth-order valence-electron chi connectivity index (χ4n) is 1.76. The van der Waals surface area contributed by atoms with Gasteiger partial charge in [0.2, 0.25) is 0 Å². The van der Waals surface area contributed by atoms with E-state index in [9.17, 15) is 14.9 Å². The second-order valence-corrected chi connectivity index (χ2v) is 4.15. The lowest BCUT2D eigenvalue weighted by atomic mass is 10.1. The van der Waals surface area contributed by atoms with Crippen LogP contribution in [0, 0.1) is 10.1 Å². The maximum Gasteiger partial charge on any atom is 0.270 e. The average Bonchev–Trinajstić information content (AvgIpc) is 2.28. The molecule has 1 heterocycles. The van der Waals surface area contributed by atoms with Crippen molar-refractivity contribution < 1.29 is 4.92 Å². The molecule has 0 amide bonds. The molecule has 5 heteroatoms. The third-order valence-corrected chi connectivity index (χ3v) is 2.68. The molecule has 0 unspecified atom stereocenters. The van der Waals surface area contributed by atoms with Gasteiger partial charge in [0.15, 0.2) is 0 Å². The third-order valence-electron chi connectivity index (χ3n) is 2.68. The van der Waals surface area contributed by atoms with Gasteiger partial charge in [0.1, 0.15) is 0 Å². The topological polar surface area (TPSA) is 65.1 Å². The third kappa shape index (κ3) is 1.91. The summed E-state index contributed by atoms with van der Waals surface area (Å²) < 4.78 is 1.56. The van der Waals surface area contributed by atoms with Crippen molar-refractivity contribution in [1.29, 1.82) is 0 Å². The first-order chi connectivity index (χ1) is 8.00. The van der Waals surface area contributed by atoms with Crippen molar-refractivity contribution in [2.75, 3.05) is 0 Å². The Labute approximate surface area is 97.5 Å². The second-order valence-electron chi connectivity index (χ2n) is 4.15. The predicted octanol–water partition coefficient (Wildman–Crippen LogP) is 2.49. The lowest BCUT2D eigenvalue weighted by Gasteiger charge is -2.10. The number of hydrogen-bond acceptors (Lipinski definition) is 3. The Morgan fingerprint density at radius 1 is 1.29 bits per heavy atom. The molecule has 2 aromatic rings. The first kappa shape index (κ1) is 11.3. The summed E-state index contributed by atoms with van der Waals surface area (Å²) in [5.74, 6) is 0. The van der Waals surface area contributed by atoms with Crippen molar-refractivity contribution in [3.63, 3.8) is 0 Å². The molecule has 0 fully saturated rings. The number of nitrogens with zero attached hydrogens (tertiary/aromatic N) is 2. The molecule has 0 saturated carbocycles. The van der Waals surface area contributed by atoms with Crippen molar-refractivity contribution in [1.82, 2.24) is 4.57 Å². The van der Waals surface area contributed by atoms with Crippen LogP contribution in [0.15, 0.2) is 35.3 Å². The first-order valence-electron chi connectivity index (χ1n) is 5.30. The molecule has 1 aromatic carbocycles. The second kappa shape index (κ2) is 4.01. The van der Waals surface area contributed by atoms with E-state index >= 15 is 0 Å². The molecule has 0 aliphatic rings. The minimum atomic E-state index is -0.494. The summed E-state index contributed by atoms with van der Waals surface area (Å²) in [6.45, 7) is 3.79. The number of aromatic nitrogens is 1. The zero-order valence-corrected chi connectivity index (χ0v) is 9.58. The molecule has 1 aromatic heterocycles. The summed E-state index contributed by atoms with van der Waals surface area (Å²) in [6.07, 6.45) is 1.71. The fraction of sp³-hybridized carbons (Fsp3) is 0.250. The molecule has 88 valence electrons. The van der Waals surface area contributed by atoms with Crippen molar-refractivity contribution in [3.05, 3.63) is 50.9 Å². The van der Waals surface area contributed by atoms with Gasteiger partial charge in [0, 0.05) is 24.4 Å². The van der Waals surface area contributed by atoms with Crippen LogP contribution < -0.4 is 5.56 Å². The quantitative estimate of drug-likeness (QED) is 0.590. The van der Waals surface area contributed by atoms with Crippen molar-refractivity contribution in [2.45, 2.75) is 19.9 Å². The summed E-state index contributed by atoms with van der Waals surface area (Å²) in [5.41, 5.74) is -0.252. The van der Waals surface area contributed by atoms with Gasteiger partial charge < -0.3 is 4.57 Å². The van der Waals surface area contributed by atoms with Crippen LogP contribution in [0.3, 0.4) is 0 Å². The maximum atomic E-state index is 12.1. The van der Waals surface area contributed by atoms with Gasteiger partial charge >= 0.3 is 0 Å². The highest BCUT2D eigenvalue weighted by Gasteiger charge is 2.10. The Kier molecular flexibility index (Phi) is 2.67. The van der Waals surface area contributed by atoms with E-state index in [1.165, 1.54) is 12.1 Å². The summed E-state index contributed by atoms with van der Waals surface area (Å²) in [6, 6.07) is 6.16. The van der Waals surface area contributed by atoms with Gasteiger partial charge in [-0.2, -0.15) is 0 Å². The lowest BCUT2D eigenvalue weighted by molar-refractivity contribution is -0.384. The average molecular weight is 232 g/mol. The zero-order valence-electron chi connectivity index (χ0n) is 9.58. The normalized spacial score (nSPS) is 11.0. The Morgan fingerprint density at radius 3 is 2.59 bits per heavy atom. The molecule has 5 nitrogen and oxygen atoms in total. The number of nitro benzene ring substituents is 1. The molecular weight excluding hydrogens is 220 g/mol. The summed E-state index contributed by atoms with van der Waals surface area (Å²) in [4.78, 5) is 22.3. The first-order valence-corrected chi connectivity index (χ1v) is 5.30. The van der Waals surface area contributed by atoms with Gasteiger partial charge in [-0.15, -0.1) is 0 Å². The predicted molar refractivity (Wildman–Crippen MR) is 65.2 cm³/mol. The molecule has 2 rings (SSSR count). The highest BCUT2D eigenvalue weighted by molar-refractivity contribution is 5.83. The number of rotatable bonds is 2. The molecule has 0 bridgehead atoms. The van der Waals surface area contributed by atoms with E-state index < -0.39 is 4.92 Å². The summed E-state index contributed by atoms with van der Waals surface area (Å²) in [5, 5.41) is 11.8. The van der Waals surface area contributed by atoms with Crippen molar-refractivity contribution >= 4 is 16.5 Å². The number of benzene rings is 1. The van der Waals surface area contributed by atoms with E-state index in [-0.39, 0.29) is 17.3 Å². The van der Waals surface area contributed by atoms with Gasteiger partial charge in [-0.1, -0.05) is 0 Å². The summed E-state index contributed by atoms with van der Waals surface area (Å²) >= 11 is 0. The van der Waals surface area contributed by atoms with E-state index in [2.05, 4.69) is 0 Å². The van der Waals surface area contributed by atoms with Crippen LogP contribution in [0.5, 0.6) is 0 Å². The fourth-order valence-corrected chi connectivity index (χ4v) is 1.76. The Balaban J connectivity index is 2.78. The molecule has 0 saturated heterocycles. The molecule has 0 atom stereocenters. The number of nitro groups is 1. The monoisotopic (exact) mass is 232 g/mol. The minimum Gasteiger partial charge on any atom is -0.312 e. The van der Waals surface area contributed by atoms with Crippen LogP contribution in [0.4, 0.5) is 5.69 Å². The number of pyridine rings is 1. The summed E-state index contributed by atoms with van der Waals surface area (Å²) in [7, 11) is 0. The molecule has 0 aliphatic carbocycles. The van der Waals surface area contributed by atoms with Crippen LogP contribution in [-0.4, -0.2) is 9.49 Å². The smallest absolute Gasteiger partial charge is 0.270 e. The van der Waals surface area contributed by atoms with Crippen molar-refractivity contribution in [2.24, 2.45) is 0 Å². The van der Waals surface area contributed by atoms with Crippen LogP contribution in [0.25, 0.3) is 10.8 Å². The standard InChI is InChI=1S/C12H12N2O3/c1-8(2)13-6-5-9-3-4-10(14(16)17)7-11(9)12(13)15/h3-8H,1-2H3. The van der Waals surface area contributed by atoms with Crippen molar-refractivity contribution in [3.8, 4) is 0 Å². The Bertz CT molecular complexity index is 644. The molecule has 17 heavy (non-hydrogen) atoms. The highest BCUT2D eigenvalue weighted by atomic mass is 16.6. The van der Waals surface area contributed by atoms with Gasteiger partial charge in [0.25, 0.3) is 11.2 Å². The largest absolute Gasteiger partial charge is 0.312 e. The number of hydrogen-bond donors (Lipinski definition) is 0. The van der Waals surface area contributed by atoms with Gasteiger partial charge in [-0.05, 0) is 31.4 Å². The SMILES string of the molecule is CC(C)n1ccc2ccc([N+](=O)[O-])cc2c1=O. The Hall–Kier alpha value is -2.17. The van der Waals surface area contributed by atoms with E-state index in [1.807, 2.05) is 13.8 Å². The van der Waals surface area contributed by atoms with E-state index in [0.717, 1.165) is 5.39 Å². The molecule has 0 aliphatic heterocycles. The zero-order chi connectivity index (χ0) is 12.6. The molecular formula is C12H12N2O3. The highest BCUT2D eigenvalue weighted by Crippen LogP contribution is 2.18. The van der Waals surface area contributed by atoms with Crippen LogP contribution in [0.2, 0.25) is 0 Å². The number of fused-ring (bicyclic) bond motifs is 1. The molecule has 0 N–H and O–H groups in total.